The van der Waals surface area contributed by atoms with E-state index in [1.165, 1.54) is 26.0 Å². The van der Waals surface area contributed by atoms with Crippen LogP contribution in [0.4, 0.5) is 0 Å². The highest BCUT2D eigenvalue weighted by atomic mass is 31.3. The molecule has 0 radical (unpaired) electrons. The van der Waals surface area contributed by atoms with Crippen molar-refractivity contribution in [3.8, 4) is 0 Å². The molecule has 0 saturated carbocycles. The molecule has 0 spiro atoms. The standard InChI is InChI=1S/C16H25O14P3/c1-16(2)28-10-11(27-13(17)12(10)29-16)14(18)30-33(25,15(31(19,20)21)32(22,23)24)26-8-9-6-4-3-5-7-9/h3-7,10-15,17-18H,8H2,1-2H3,(H2,19,20,21)(H2,22,23,24)/t10-,11+,12-,13-,14?,33?/m1/s1. The lowest BCUT2D eigenvalue weighted by atomic mass is 10.1. The van der Waals surface area contributed by atoms with Crippen LogP contribution in [0.5, 0.6) is 0 Å². The Labute approximate surface area is 188 Å². The van der Waals surface area contributed by atoms with Gasteiger partial charge in [0.1, 0.15) is 18.3 Å². The third-order valence-electron chi connectivity index (χ3n) is 4.74. The number of rotatable bonds is 9. The number of aliphatic hydroxyl groups is 2. The first-order valence-corrected chi connectivity index (χ1v) is 14.5. The van der Waals surface area contributed by atoms with Crippen LogP contribution >= 0.6 is 22.8 Å². The van der Waals surface area contributed by atoms with Crippen LogP contribution in [-0.4, -0.2) is 71.6 Å². The predicted octanol–water partition coefficient (Wildman–Crippen LogP) is 0.608. The zero-order chi connectivity index (χ0) is 24.8. The largest absolute Gasteiger partial charge is 0.366 e. The summed E-state index contributed by atoms with van der Waals surface area (Å²) in [7, 11) is -17.1. The molecule has 1 aromatic rings. The van der Waals surface area contributed by atoms with Gasteiger partial charge in [-0.15, -0.1) is 0 Å². The van der Waals surface area contributed by atoms with Crippen molar-refractivity contribution >= 4 is 22.8 Å². The lowest BCUT2D eigenvalue weighted by Gasteiger charge is -2.31. The van der Waals surface area contributed by atoms with Gasteiger partial charge in [-0.05, 0) is 19.4 Å². The molecule has 3 rings (SSSR count). The minimum atomic E-state index is -5.82. The van der Waals surface area contributed by atoms with Crippen molar-refractivity contribution in [2.75, 3.05) is 0 Å². The maximum absolute atomic E-state index is 13.5. The summed E-state index contributed by atoms with van der Waals surface area (Å²) in [5, 5.41) is 17.3. The highest BCUT2D eigenvalue weighted by Crippen LogP contribution is 2.78. The van der Waals surface area contributed by atoms with Crippen LogP contribution in [-0.2, 0) is 43.6 Å². The summed E-state index contributed by atoms with van der Waals surface area (Å²) in [5.74, 6) is -1.20. The second kappa shape index (κ2) is 9.50. The van der Waals surface area contributed by atoms with E-state index in [-0.39, 0.29) is 0 Å². The Balaban J connectivity index is 1.91. The first-order valence-electron chi connectivity index (χ1n) is 9.48. The summed E-state index contributed by atoms with van der Waals surface area (Å²) in [6.45, 7) is 2.38. The minimum Gasteiger partial charge on any atom is -0.366 e. The Morgan fingerprint density at radius 3 is 2.09 bits per heavy atom. The summed E-state index contributed by atoms with van der Waals surface area (Å²) in [4.78, 5) is 38.3. The highest BCUT2D eigenvalue weighted by Gasteiger charge is 2.62. The van der Waals surface area contributed by atoms with E-state index in [4.69, 9.17) is 23.3 Å². The monoisotopic (exact) mass is 534 g/mol. The van der Waals surface area contributed by atoms with Gasteiger partial charge < -0.3 is 48.5 Å². The quantitative estimate of drug-likeness (QED) is 0.189. The highest BCUT2D eigenvalue weighted by molar-refractivity contribution is 7.87. The Bertz CT molecular complexity index is 952. The van der Waals surface area contributed by atoms with E-state index < -0.39 is 71.2 Å². The lowest BCUT2D eigenvalue weighted by molar-refractivity contribution is -0.246. The second-order valence-corrected chi connectivity index (χ2v) is 14.6. The summed E-state index contributed by atoms with van der Waals surface area (Å²) in [6.07, 6.45) is -7.82. The van der Waals surface area contributed by atoms with Crippen LogP contribution in [0.3, 0.4) is 0 Å². The third kappa shape index (κ3) is 6.19. The zero-order valence-electron chi connectivity index (χ0n) is 17.3. The molecule has 6 atom stereocenters. The molecule has 188 valence electrons. The molecule has 6 N–H and O–H groups in total. The fraction of sp³-hybridized carbons (Fsp3) is 0.625. The van der Waals surface area contributed by atoms with Crippen molar-refractivity contribution in [2.45, 2.75) is 62.3 Å². The van der Waals surface area contributed by atoms with E-state index in [0.717, 1.165) is 0 Å². The van der Waals surface area contributed by atoms with E-state index in [1.807, 2.05) is 0 Å². The number of ether oxygens (including phenoxy) is 3. The molecular formula is C16H25O14P3. The molecule has 33 heavy (non-hydrogen) atoms. The number of aliphatic hydroxyl groups excluding tert-OH is 2. The average Bonchev–Trinajstić information content (AvgIpc) is 3.12. The molecule has 17 heteroatoms. The summed E-state index contributed by atoms with van der Waals surface area (Å²) < 4.78 is 63.4. The Morgan fingerprint density at radius 2 is 1.55 bits per heavy atom. The SMILES string of the molecule is CC1(C)O[C@@H]2[C@H](O1)[C@@H](C(O)OP(=O)(OCc1ccccc1)C(P(=O)(O)O)P(=O)(O)O)O[C@H]2O. The number of benzene rings is 1. The number of hydrogen-bond acceptors (Lipinski definition) is 10. The van der Waals surface area contributed by atoms with Crippen LogP contribution in [0, 0.1) is 0 Å². The van der Waals surface area contributed by atoms with Crippen molar-refractivity contribution in [1.29, 1.82) is 0 Å². The smallest absolute Gasteiger partial charge is 0.360 e. The molecule has 2 heterocycles. The van der Waals surface area contributed by atoms with Crippen molar-refractivity contribution in [3.05, 3.63) is 35.9 Å². The van der Waals surface area contributed by atoms with Crippen molar-refractivity contribution in [3.63, 3.8) is 0 Å². The molecule has 0 aromatic heterocycles. The van der Waals surface area contributed by atoms with Crippen LogP contribution in [0.2, 0.25) is 0 Å². The second-order valence-electron chi connectivity index (χ2n) is 7.88. The Morgan fingerprint density at radius 1 is 1.00 bits per heavy atom. The lowest BCUT2D eigenvalue weighted by Crippen LogP contribution is -2.40. The van der Waals surface area contributed by atoms with Crippen LogP contribution < -0.4 is 0 Å². The molecule has 1 aromatic carbocycles. The molecule has 14 nitrogen and oxygen atoms in total. The van der Waals surface area contributed by atoms with Gasteiger partial charge in [-0.3, -0.25) is 18.2 Å². The van der Waals surface area contributed by atoms with Gasteiger partial charge in [0.05, 0.1) is 6.61 Å². The number of fused-ring (bicyclic) bond motifs is 1. The molecule has 0 bridgehead atoms. The first-order chi connectivity index (χ1) is 15.0. The van der Waals surface area contributed by atoms with Crippen molar-refractivity contribution < 1.29 is 66.7 Å². The van der Waals surface area contributed by atoms with Crippen LogP contribution in [0.25, 0.3) is 0 Å². The van der Waals surface area contributed by atoms with E-state index in [9.17, 15) is 43.5 Å². The summed E-state index contributed by atoms with van der Waals surface area (Å²) >= 11 is 0. The van der Waals surface area contributed by atoms with E-state index in [1.54, 1.807) is 18.2 Å². The van der Waals surface area contributed by atoms with E-state index in [2.05, 4.69) is 0 Å². The van der Waals surface area contributed by atoms with Gasteiger partial charge in [0, 0.05) is 0 Å². The zero-order valence-corrected chi connectivity index (χ0v) is 20.0. The van der Waals surface area contributed by atoms with Crippen LogP contribution in [0.1, 0.15) is 19.4 Å². The van der Waals surface area contributed by atoms with Gasteiger partial charge in [0.2, 0.25) is 0 Å². The summed E-state index contributed by atoms with van der Waals surface area (Å²) in [6, 6.07) is 7.74. The normalized spacial score (nSPS) is 30.2. The van der Waals surface area contributed by atoms with Crippen LogP contribution in [0.15, 0.2) is 30.3 Å². The Kier molecular flexibility index (Phi) is 7.79. The fourth-order valence-electron chi connectivity index (χ4n) is 3.50. The maximum atomic E-state index is 13.5. The maximum Gasteiger partial charge on any atom is 0.360 e. The van der Waals surface area contributed by atoms with E-state index in [0.29, 0.717) is 5.56 Å². The molecule has 2 unspecified atom stereocenters. The molecule has 0 aliphatic carbocycles. The molecule has 2 fully saturated rings. The molecule has 2 aliphatic rings. The van der Waals surface area contributed by atoms with Gasteiger partial charge in [0.15, 0.2) is 18.4 Å². The predicted molar refractivity (Wildman–Crippen MR) is 109 cm³/mol. The topological polar surface area (TPSA) is 219 Å². The Hall–Kier alpha value is -0.530. The van der Waals surface area contributed by atoms with Gasteiger partial charge in [-0.1, -0.05) is 30.3 Å². The summed E-state index contributed by atoms with van der Waals surface area (Å²) in [5.41, 5.74) is 0.327. The van der Waals surface area contributed by atoms with Gasteiger partial charge >= 0.3 is 22.8 Å². The number of hydrogen-bond donors (Lipinski definition) is 6. The molecular weight excluding hydrogens is 509 g/mol. The molecule has 2 saturated heterocycles. The molecule has 0 amide bonds. The van der Waals surface area contributed by atoms with Gasteiger partial charge in [0.25, 0.3) is 5.14 Å². The van der Waals surface area contributed by atoms with Crippen molar-refractivity contribution in [1.82, 2.24) is 0 Å². The van der Waals surface area contributed by atoms with E-state index >= 15 is 0 Å². The third-order valence-corrected chi connectivity index (χ3v) is 12.8. The average molecular weight is 534 g/mol. The van der Waals surface area contributed by atoms with Crippen molar-refractivity contribution in [2.24, 2.45) is 0 Å². The molecule has 2 aliphatic heterocycles. The van der Waals surface area contributed by atoms with Gasteiger partial charge in [-0.2, -0.15) is 0 Å². The fourth-order valence-corrected chi connectivity index (χ4v) is 9.80. The minimum absolute atomic E-state index is 0.327. The first kappa shape index (κ1) is 27.1. The van der Waals surface area contributed by atoms with Gasteiger partial charge in [-0.25, -0.2) is 0 Å².